The van der Waals surface area contributed by atoms with Crippen LogP contribution in [0.5, 0.6) is 0 Å². The molecule has 0 aliphatic rings. The van der Waals surface area contributed by atoms with E-state index in [1.54, 1.807) is 58.0 Å². The molecule has 0 bridgehead atoms. The van der Waals surface area contributed by atoms with Crippen LogP contribution in [0.25, 0.3) is 0 Å². The molecule has 2 atom stereocenters. The van der Waals surface area contributed by atoms with Gasteiger partial charge >= 0.3 is 6.09 Å². The minimum Gasteiger partial charge on any atom is -0.444 e. The number of nitrogens with zero attached hydrogens (tertiary/aromatic N) is 2. The van der Waals surface area contributed by atoms with Gasteiger partial charge < -0.3 is 26.0 Å². The highest BCUT2D eigenvalue weighted by atomic mass is 35.5. The average Bonchev–Trinajstić information content (AvgIpc) is 2.84. The lowest BCUT2D eigenvalue weighted by atomic mass is 9.94. The van der Waals surface area contributed by atoms with Crippen molar-refractivity contribution in [3.05, 3.63) is 63.7 Å². The van der Waals surface area contributed by atoms with Gasteiger partial charge in [-0.2, -0.15) is 5.26 Å². The van der Waals surface area contributed by atoms with E-state index in [9.17, 15) is 24.4 Å². The number of hydrogen-bond acceptors (Lipinski definition) is 6. The fourth-order valence-electron chi connectivity index (χ4n) is 4.07. The third kappa shape index (κ3) is 8.71. The highest BCUT2D eigenvalue weighted by Gasteiger charge is 2.37. The number of benzene rings is 2. The van der Waals surface area contributed by atoms with E-state index >= 15 is 0 Å². The number of nitrogens with two attached hydrogens (primary N) is 1. The zero-order valence-electron chi connectivity index (χ0n) is 23.6. The van der Waals surface area contributed by atoms with Gasteiger partial charge in [0.2, 0.25) is 11.8 Å². The predicted molar refractivity (Wildman–Crippen MR) is 152 cm³/mol. The minimum atomic E-state index is -1.31. The number of nitriles is 1. The zero-order chi connectivity index (χ0) is 30.2. The third-order valence-corrected chi connectivity index (χ3v) is 6.48. The van der Waals surface area contributed by atoms with E-state index in [4.69, 9.17) is 22.1 Å². The first kappa shape index (κ1) is 32.1. The standard InChI is InChI=1S/C29H36ClN5O5/c1-17-9-7-11-20(19(17)3)25(26(37)34-24-18(2)10-8-12-21(24)30)35(16-15-31)27(38)22(13-14-23(32)36)33-28(39)40-29(4,5)6/h7-12,22,25H,13-14,16H2,1-6H3,(H2,32,36)(H,33,39)(H,34,37). The van der Waals surface area contributed by atoms with Crippen molar-refractivity contribution < 1.29 is 23.9 Å². The van der Waals surface area contributed by atoms with Crippen LogP contribution in [0.3, 0.4) is 0 Å². The van der Waals surface area contributed by atoms with E-state index in [0.717, 1.165) is 16.0 Å². The Hall–Kier alpha value is -4.10. The number of ether oxygens (including phenoxy) is 1. The fourth-order valence-corrected chi connectivity index (χ4v) is 4.34. The van der Waals surface area contributed by atoms with Gasteiger partial charge in [-0.3, -0.25) is 14.4 Å². The maximum atomic E-state index is 14.0. The second-order valence-corrected chi connectivity index (χ2v) is 10.8. The van der Waals surface area contributed by atoms with E-state index in [1.807, 2.05) is 26.0 Å². The molecule has 4 amide bonds. The summed E-state index contributed by atoms with van der Waals surface area (Å²) in [4.78, 5) is 53.2. The van der Waals surface area contributed by atoms with Crippen molar-refractivity contribution in [1.82, 2.24) is 10.2 Å². The Labute approximate surface area is 239 Å². The summed E-state index contributed by atoms with van der Waals surface area (Å²) in [5, 5.41) is 15.3. The monoisotopic (exact) mass is 569 g/mol. The molecular weight excluding hydrogens is 534 g/mol. The summed E-state index contributed by atoms with van der Waals surface area (Å²) in [6.45, 7) is 9.93. The number of amides is 4. The summed E-state index contributed by atoms with van der Waals surface area (Å²) >= 11 is 6.36. The minimum absolute atomic E-state index is 0.167. The Morgan fingerprint density at radius 3 is 2.27 bits per heavy atom. The molecule has 0 aromatic heterocycles. The van der Waals surface area contributed by atoms with E-state index in [-0.39, 0.29) is 12.8 Å². The van der Waals surface area contributed by atoms with Gasteiger partial charge in [0, 0.05) is 6.42 Å². The topological polar surface area (TPSA) is 155 Å². The number of rotatable bonds is 10. The summed E-state index contributed by atoms with van der Waals surface area (Å²) in [5.74, 6) is -2.06. The number of anilines is 1. The van der Waals surface area contributed by atoms with Crippen molar-refractivity contribution in [3.63, 3.8) is 0 Å². The molecule has 214 valence electrons. The quantitative estimate of drug-likeness (QED) is 0.359. The molecule has 0 saturated carbocycles. The van der Waals surface area contributed by atoms with E-state index in [2.05, 4.69) is 10.6 Å². The molecular formula is C29H36ClN5O5. The zero-order valence-corrected chi connectivity index (χ0v) is 24.4. The number of hydrogen-bond donors (Lipinski definition) is 3. The van der Waals surface area contributed by atoms with Gasteiger partial charge in [0.15, 0.2) is 0 Å². The van der Waals surface area contributed by atoms with E-state index in [0.29, 0.717) is 21.8 Å². The number of nitrogens with one attached hydrogen (secondary N) is 2. The normalized spacial score (nSPS) is 12.4. The van der Waals surface area contributed by atoms with Crippen LogP contribution in [0.15, 0.2) is 36.4 Å². The Morgan fingerprint density at radius 2 is 1.70 bits per heavy atom. The number of carbonyl (C=O) groups excluding carboxylic acids is 4. The van der Waals surface area contributed by atoms with Crippen LogP contribution in [0.2, 0.25) is 5.02 Å². The SMILES string of the molecule is Cc1cccc(C(C(=O)Nc2c(C)cccc2Cl)N(CC#N)C(=O)C(CCC(N)=O)NC(=O)OC(C)(C)C)c1C. The lowest BCUT2D eigenvalue weighted by molar-refractivity contribution is -0.140. The lowest BCUT2D eigenvalue weighted by Gasteiger charge is -2.34. The Bertz CT molecular complexity index is 1290. The van der Waals surface area contributed by atoms with Crippen LogP contribution in [0.1, 0.15) is 61.9 Å². The molecule has 10 nitrogen and oxygen atoms in total. The van der Waals surface area contributed by atoms with Gasteiger partial charge in [-0.05, 0) is 76.3 Å². The highest BCUT2D eigenvalue weighted by molar-refractivity contribution is 6.34. The van der Waals surface area contributed by atoms with Crippen molar-refractivity contribution in [2.24, 2.45) is 5.73 Å². The molecule has 0 spiro atoms. The summed E-state index contributed by atoms with van der Waals surface area (Å²) in [7, 11) is 0. The first-order chi connectivity index (χ1) is 18.7. The smallest absolute Gasteiger partial charge is 0.408 e. The van der Waals surface area contributed by atoms with Gasteiger partial charge in [-0.15, -0.1) is 0 Å². The molecule has 2 unspecified atom stereocenters. The number of carbonyl (C=O) groups is 4. The first-order valence-electron chi connectivity index (χ1n) is 12.7. The highest BCUT2D eigenvalue weighted by Crippen LogP contribution is 2.31. The van der Waals surface area contributed by atoms with E-state index < -0.39 is 48.0 Å². The molecule has 0 aliphatic heterocycles. The number of halogens is 1. The number of aryl methyl sites for hydroxylation is 2. The van der Waals surface area contributed by atoms with Crippen molar-refractivity contribution in [1.29, 1.82) is 5.26 Å². The molecule has 40 heavy (non-hydrogen) atoms. The van der Waals surface area contributed by atoms with Gasteiger partial charge in [0.1, 0.15) is 24.2 Å². The average molecular weight is 570 g/mol. The van der Waals surface area contributed by atoms with Crippen molar-refractivity contribution in [2.45, 2.75) is 72.1 Å². The molecule has 0 fully saturated rings. The van der Waals surface area contributed by atoms with Crippen LogP contribution < -0.4 is 16.4 Å². The summed E-state index contributed by atoms with van der Waals surface area (Å²) in [6, 6.07) is 9.81. The summed E-state index contributed by atoms with van der Waals surface area (Å²) in [5.41, 5.74) is 7.62. The van der Waals surface area contributed by atoms with Gasteiger partial charge in [0.25, 0.3) is 5.91 Å². The van der Waals surface area contributed by atoms with Crippen LogP contribution in [-0.2, 0) is 19.1 Å². The Balaban J connectivity index is 2.62. The molecule has 0 radical (unpaired) electrons. The molecule has 2 aromatic rings. The largest absolute Gasteiger partial charge is 0.444 e. The van der Waals surface area contributed by atoms with Crippen LogP contribution in [-0.4, -0.2) is 46.9 Å². The maximum absolute atomic E-state index is 14.0. The summed E-state index contributed by atoms with van der Waals surface area (Å²) < 4.78 is 5.30. The van der Waals surface area contributed by atoms with Crippen LogP contribution >= 0.6 is 11.6 Å². The van der Waals surface area contributed by atoms with Crippen molar-refractivity contribution in [3.8, 4) is 6.07 Å². The number of alkyl carbamates (subject to hydrolysis) is 1. The van der Waals surface area contributed by atoms with Gasteiger partial charge in [-0.1, -0.05) is 41.9 Å². The first-order valence-corrected chi connectivity index (χ1v) is 13.1. The molecule has 2 rings (SSSR count). The van der Waals surface area contributed by atoms with Crippen molar-refractivity contribution in [2.75, 3.05) is 11.9 Å². The molecule has 2 aromatic carbocycles. The lowest BCUT2D eigenvalue weighted by Crippen LogP contribution is -2.52. The molecule has 0 heterocycles. The van der Waals surface area contributed by atoms with E-state index in [1.165, 1.54) is 0 Å². The fraction of sp³-hybridized carbons (Fsp3) is 0.414. The Morgan fingerprint density at radius 1 is 1.07 bits per heavy atom. The number of primary amides is 1. The Kier molecular flexibility index (Phi) is 11.1. The van der Waals surface area contributed by atoms with Gasteiger partial charge in [0.05, 0.1) is 16.8 Å². The van der Waals surface area contributed by atoms with Crippen molar-refractivity contribution >= 4 is 41.1 Å². The van der Waals surface area contributed by atoms with Gasteiger partial charge in [-0.25, -0.2) is 4.79 Å². The molecule has 11 heteroatoms. The molecule has 0 saturated heterocycles. The van der Waals surface area contributed by atoms with Crippen LogP contribution in [0, 0.1) is 32.1 Å². The number of para-hydroxylation sites is 1. The maximum Gasteiger partial charge on any atom is 0.408 e. The van der Waals surface area contributed by atoms with Crippen LogP contribution in [0.4, 0.5) is 10.5 Å². The second kappa shape index (κ2) is 13.8. The predicted octanol–water partition coefficient (Wildman–Crippen LogP) is 4.46. The second-order valence-electron chi connectivity index (χ2n) is 10.4. The summed E-state index contributed by atoms with van der Waals surface area (Å²) in [6.07, 6.45) is -1.29. The third-order valence-electron chi connectivity index (χ3n) is 6.16. The molecule has 0 aliphatic carbocycles. The molecule has 4 N–H and O–H groups in total.